The van der Waals surface area contributed by atoms with Gasteiger partial charge in [-0.3, -0.25) is 4.79 Å². The number of amides is 1. The highest BCUT2D eigenvalue weighted by Crippen LogP contribution is 2.35. The molecule has 0 saturated carbocycles. The number of hydrogen-bond donors (Lipinski definition) is 0. The average Bonchev–Trinajstić information content (AvgIpc) is 2.82. The molecule has 0 spiro atoms. The summed E-state index contributed by atoms with van der Waals surface area (Å²) in [6, 6.07) is 11.5. The fourth-order valence-corrected chi connectivity index (χ4v) is 5.56. The minimum Gasteiger partial charge on any atom is -0.475 e. The van der Waals surface area contributed by atoms with Crippen molar-refractivity contribution in [3.05, 3.63) is 54.3 Å². The van der Waals surface area contributed by atoms with Gasteiger partial charge in [0.2, 0.25) is 22.0 Å². The molecule has 2 aromatic carbocycles. The Labute approximate surface area is 185 Å². The highest BCUT2D eigenvalue weighted by molar-refractivity contribution is 7.89. The molecule has 1 amide bonds. The van der Waals surface area contributed by atoms with E-state index in [1.165, 1.54) is 28.4 Å². The summed E-state index contributed by atoms with van der Waals surface area (Å²) < 4.78 is 51.0. The maximum Gasteiger partial charge on any atom is 0.348 e. The predicted octanol–water partition coefficient (Wildman–Crippen LogP) is 2.19. The second kappa shape index (κ2) is 8.87. The highest BCUT2D eigenvalue weighted by Gasteiger charge is 2.40. The molecule has 0 radical (unpaired) electrons. The van der Waals surface area contributed by atoms with Crippen LogP contribution in [-0.4, -0.2) is 57.4 Å². The zero-order valence-electron chi connectivity index (χ0n) is 17.4. The fraction of sp³-hybridized carbons (Fsp3) is 0.364. The van der Waals surface area contributed by atoms with Crippen molar-refractivity contribution >= 4 is 27.6 Å². The van der Waals surface area contributed by atoms with Gasteiger partial charge in [-0.05, 0) is 49.2 Å². The van der Waals surface area contributed by atoms with E-state index < -0.39 is 33.8 Å². The average molecular weight is 462 g/mol. The van der Waals surface area contributed by atoms with Gasteiger partial charge >= 0.3 is 5.97 Å². The molecule has 1 saturated heterocycles. The van der Waals surface area contributed by atoms with Crippen molar-refractivity contribution in [2.45, 2.75) is 23.8 Å². The molecule has 8 nitrogen and oxygen atoms in total. The largest absolute Gasteiger partial charge is 0.475 e. The third-order valence-corrected chi connectivity index (χ3v) is 7.57. The van der Waals surface area contributed by atoms with Crippen molar-refractivity contribution in [2.24, 2.45) is 5.92 Å². The number of halogens is 1. The molecule has 0 aromatic heterocycles. The van der Waals surface area contributed by atoms with E-state index >= 15 is 0 Å². The van der Waals surface area contributed by atoms with Gasteiger partial charge in [-0.25, -0.2) is 17.6 Å². The number of piperidine rings is 1. The van der Waals surface area contributed by atoms with Gasteiger partial charge in [-0.2, -0.15) is 4.31 Å². The minimum absolute atomic E-state index is 0.000950. The van der Waals surface area contributed by atoms with Crippen LogP contribution in [0.5, 0.6) is 5.75 Å². The van der Waals surface area contributed by atoms with E-state index in [0.29, 0.717) is 24.3 Å². The third kappa shape index (κ3) is 4.20. The molecule has 2 aromatic rings. The molecule has 2 heterocycles. The van der Waals surface area contributed by atoms with Gasteiger partial charge in [0.25, 0.3) is 0 Å². The first-order valence-electron chi connectivity index (χ1n) is 10.2. The summed E-state index contributed by atoms with van der Waals surface area (Å²) in [5.41, 5.74) is 0.524. The summed E-state index contributed by atoms with van der Waals surface area (Å²) in [6.07, 6.45) is 0.0430. The molecule has 1 fully saturated rings. The number of rotatable bonds is 4. The number of fused-ring (bicyclic) bond motifs is 1. The van der Waals surface area contributed by atoms with Gasteiger partial charge in [-0.1, -0.05) is 12.1 Å². The van der Waals surface area contributed by atoms with Gasteiger partial charge in [0, 0.05) is 13.1 Å². The molecule has 0 aliphatic carbocycles. The van der Waals surface area contributed by atoms with Crippen LogP contribution in [0.1, 0.15) is 12.8 Å². The van der Waals surface area contributed by atoms with Gasteiger partial charge in [0.15, 0.2) is 0 Å². The number of nitrogens with zero attached hydrogens (tertiary/aromatic N) is 2. The Kier molecular flexibility index (Phi) is 6.16. The van der Waals surface area contributed by atoms with Gasteiger partial charge in [0.1, 0.15) is 11.6 Å². The van der Waals surface area contributed by atoms with Crippen LogP contribution in [0.25, 0.3) is 0 Å². The zero-order chi connectivity index (χ0) is 22.9. The number of carbonyl (C=O) groups excluding carboxylic acids is 2. The Bertz CT molecular complexity index is 1120. The van der Waals surface area contributed by atoms with E-state index in [2.05, 4.69) is 0 Å². The van der Waals surface area contributed by atoms with Crippen LogP contribution in [0.2, 0.25) is 0 Å². The molecule has 10 heteroatoms. The Balaban J connectivity index is 1.57. The van der Waals surface area contributed by atoms with Crippen molar-refractivity contribution in [2.75, 3.05) is 31.6 Å². The van der Waals surface area contributed by atoms with E-state index in [0.717, 1.165) is 12.1 Å². The number of carbonyl (C=O) groups is 2. The quantitative estimate of drug-likeness (QED) is 0.647. The van der Waals surface area contributed by atoms with Crippen molar-refractivity contribution < 1.29 is 31.9 Å². The van der Waals surface area contributed by atoms with Crippen LogP contribution in [0.3, 0.4) is 0 Å². The van der Waals surface area contributed by atoms with Crippen LogP contribution < -0.4 is 9.64 Å². The van der Waals surface area contributed by atoms with E-state index in [9.17, 15) is 22.4 Å². The molecule has 32 heavy (non-hydrogen) atoms. The van der Waals surface area contributed by atoms with Crippen LogP contribution in [0.4, 0.5) is 10.1 Å². The summed E-state index contributed by atoms with van der Waals surface area (Å²) in [4.78, 5) is 27.0. The van der Waals surface area contributed by atoms with E-state index in [1.807, 2.05) is 0 Å². The molecule has 2 aliphatic rings. The van der Waals surface area contributed by atoms with Crippen LogP contribution in [0, 0.1) is 11.7 Å². The molecule has 170 valence electrons. The van der Waals surface area contributed by atoms with E-state index in [1.54, 1.807) is 24.3 Å². The van der Waals surface area contributed by atoms with Gasteiger partial charge in [0.05, 0.1) is 30.2 Å². The molecular weight excluding hydrogens is 439 g/mol. The maximum atomic E-state index is 13.5. The lowest BCUT2D eigenvalue weighted by atomic mass is 9.97. The molecule has 0 unspecified atom stereocenters. The SMILES string of the molecule is COC(=O)[C@H]1CN(C(=O)[C@H]2CCCN(S(=O)(=O)c3ccc(F)cc3)C2)c2ccccc2O1. The normalized spacial score (nSPS) is 21.4. The summed E-state index contributed by atoms with van der Waals surface area (Å²) in [5.74, 6) is -1.62. The van der Waals surface area contributed by atoms with Gasteiger partial charge in [-0.15, -0.1) is 0 Å². The Hall–Kier alpha value is -2.98. The second-order valence-electron chi connectivity index (χ2n) is 7.70. The summed E-state index contributed by atoms with van der Waals surface area (Å²) in [7, 11) is -2.62. The Morgan fingerprint density at radius 3 is 2.53 bits per heavy atom. The topological polar surface area (TPSA) is 93.2 Å². The maximum absolute atomic E-state index is 13.5. The standard InChI is InChI=1S/C22H23FN2O6S/c1-30-22(27)20-14-25(18-6-2-3-7-19(18)31-20)21(26)15-5-4-12-24(13-15)32(28,29)17-10-8-16(23)9-11-17/h2-3,6-11,15,20H,4-5,12-14H2,1H3/t15-,20+/m0/s1. The van der Waals surface area contributed by atoms with Crippen LogP contribution >= 0.6 is 0 Å². The second-order valence-corrected chi connectivity index (χ2v) is 9.64. The highest BCUT2D eigenvalue weighted by atomic mass is 32.2. The molecule has 0 N–H and O–H groups in total. The first-order valence-corrected chi connectivity index (χ1v) is 11.7. The first kappa shape index (κ1) is 22.2. The predicted molar refractivity (Wildman–Crippen MR) is 113 cm³/mol. The van der Waals surface area contributed by atoms with Crippen LogP contribution in [-0.2, 0) is 24.3 Å². The van der Waals surface area contributed by atoms with E-state index in [-0.39, 0.29) is 30.4 Å². The number of benzene rings is 2. The summed E-state index contributed by atoms with van der Waals surface area (Å²) >= 11 is 0. The van der Waals surface area contributed by atoms with Gasteiger partial charge < -0.3 is 14.4 Å². The zero-order valence-corrected chi connectivity index (χ0v) is 18.3. The third-order valence-electron chi connectivity index (χ3n) is 5.69. The Morgan fingerprint density at radius 1 is 1.09 bits per heavy atom. The molecule has 2 atom stereocenters. The molecule has 2 aliphatic heterocycles. The number of para-hydroxylation sites is 2. The number of sulfonamides is 1. The Morgan fingerprint density at radius 2 is 1.81 bits per heavy atom. The van der Waals surface area contributed by atoms with Crippen molar-refractivity contribution in [3.8, 4) is 5.75 Å². The monoisotopic (exact) mass is 462 g/mol. The van der Waals surface area contributed by atoms with E-state index in [4.69, 9.17) is 9.47 Å². The lowest BCUT2D eigenvalue weighted by Crippen LogP contribution is -2.52. The van der Waals surface area contributed by atoms with Crippen molar-refractivity contribution in [1.82, 2.24) is 4.31 Å². The van der Waals surface area contributed by atoms with Crippen molar-refractivity contribution in [1.29, 1.82) is 0 Å². The molecule has 4 rings (SSSR count). The number of hydrogen-bond acceptors (Lipinski definition) is 6. The number of anilines is 1. The molecule has 0 bridgehead atoms. The van der Waals surface area contributed by atoms with Crippen molar-refractivity contribution in [3.63, 3.8) is 0 Å². The first-order chi connectivity index (χ1) is 15.3. The summed E-state index contributed by atoms with van der Waals surface area (Å²) in [5, 5.41) is 0. The number of esters is 1. The fourth-order valence-electron chi connectivity index (χ4n) is 4.04. The smallest absolute Gasteiger partial charge is 0.348 e. The molecular formula is C22H23FN2O6S. The number of methoxy groups -OCH3 is 1. The summed E-state index contributed by atoms with van der Waals surface area (Å²) in [6.45, 7) is 0.249. The van der Waals surface area contributed by atoms with Crippen LogP contribution in [0.15, 0.2) is 53.4 Å². The lowest BCUT2D eigenvalue weighted by molar-refractivity contribution is -0.148. The number of ether oxygens (including phenoxy) is 2. The minimum atomic E-state index is -3.87. The lowest BCUT2D eigenvalue weighted by Gasteiger charge is -2.38.